The van der Waals surface area contributed by atoms with E-state index in [1.165, 1.54) is 31.4 Å². The zero-order chi connectivity index (χ0) is 19.3. The van der Waals surface area contributed by atoms with Gasteiger partial charge >= 0.3 is 0 Å². The van der Waals surface area contributed by atoms with E-state index in [4.69, 9.17) is 0 Å². The van der Waals surface area contributed by atoms with Crippen molar-refractivity contribution in [3.63, 3.8) is 0 Å². The zero-order valence-electron chi connectivity index (χ0n) is 15.6. The summed E-state index contributed by atoms with van der Waals surface area (Å²) in [5.74, 6) is 1.14. The van der Waals surface area contributed by atoms with Crippen LogP contribution < -0.4 is 5.32 Å². The normalized spacial score (nSPS) is 14.5. The predicted molar refractivity (Wildman–Crippen MR) is 108 cm³/mol. The number of H-pyrrole nitrogens is 2. The first-order chi connectivity index (χ1) is 13.6. The number of carbonyl (C=O) groups is 1. The molecule has 2 aromatic carbocycles. The third-order valence-corrected chi connectivity index (χ3v) is 5.69. The molecule has 2 aromatic heterocycles. The molecule has 1 aliphatic carbocycles. The topological polar surface area (TPSA) is 73.6 Å². The number of anilines is 1. The van der Waals surface area contributed by atoms with Crippen LogP contribution in [0.1, 0.15) is 42.3 Å². The van der Waals surface area contributed by atoms with E-state index in [-0.39, 0.29) is 18.1 Å². The van der Waals surface area contributed by atoms with E-state index < -0.39 is 0 Å². The van der Waals surface area contributed by atoms with E-state index in [1.54, 1.807) is 6.07 Å². The van der Waals surface area contributed by atoms with Crippen LogP contribution in [0.2, 0.25) is 0 Å². The van der Waals surface area contributed by atoms with Crippen molar-refractivity contribution in [2.75, 3.05) is 5.32 Å². The molecule has 6 heteroatoms. The number of nitrogens with one attached hydrogen (secondary N) is 3. The van der Waals surface area contributed by atoms with E-state index in [2.05, 4.69) is 20.3 Å². The van der Waals surface area contributed by atoms with E-state index in [0.29, 0.717) is 5.92 Å². The molecule has 5 rings (SSSR count). The fourth-order valence-corrected chi connectivity index (χ4v) is 3.93. The highest BCUT2D eigenvalue weighted by Crippen LogP contribution is 2.35. The minimum Gasteiger partial charge on any atom is -0.358 e. The van der Waals surface area contributed by atoms with Gasteiger partial charge in [-0.3, -0.25) is 4.79 Å². The number of benzene rings is 2. The standard InChI is InChI=1S/C22H21FN4O/c1-12-16(17-9-14(23)5-7-18(17)24-12)11-21(28)25-15-6-8-19-20(10-15)27-22(26-19)13-3-2-4-13/h5-10,13,24H,2-4,11H2,1H3,(H,25,28)(H,26,27). The Hall–Kier alpha value is -3.15. The third kappa shape index (κ3) is 2.95. The Morgan fingerprint density at radius 3 is 2.82 bits per heavy atom. The summed E-state index contributed by atoms with van der Waals surface area (Å²) >= 11 is 0. The number of aryl methyl sites for hydroxylation is 1. The Morgan fingerprint density at radius 1 is 1.18 bits per heavy atom. The summed E-state index contributed by atoms with van der Waals surface area (Å²) in [6.07, 6.45) is 3.83. The van der Waals surface area contributed by atoms with Gasteiger partial charge in [-0.1, -0.05) is 6.42 Å². The molecule has 0 aliphatic heterocycles. The first-order valence-electron chi connectivity index (χ1n) is 9.63. The summed E-state index contributed by atoms with van der Waals surface area (Å²) in [4.78, 5) is 23.9. The van der Waals surface area contributed by atoms with Crippen LogP contribution in [0, 0.1) is 12.7 Å². The van der Waals surface area contributed by atoms with Gasteiger partial charge in [-0.05, 0) is 61.7 Å². The van der Waals surface area contributed by atoms with Crippen molar-refractivity contribution in [1.82, 2.24) is 15.0 Å². The molecule has 4 aromatic rings. The zero-order valence-corrected chi connectivity index (χ0v) is 15.6. The van der Waals surface area contributed by atoms with E-state index >= 15 is 0 Å². The van der Waals surface area contributed by atoms with Crippen LogP contribution in [0.3, 0.4) is 0 Å². The molecule has 0 radical (unpaired) electrons. The van der Waals surface area contributed by atoms with Gasteiger partial charge in [0.25, 0.3) is 0 Å². The van der Waals surface area contributed by atoms with E-state index in [0.717, 1.165) is 44.7 Å². The average Bonchev–Trinajstić information content (AvgIpc) is 3.14. The Bertz CT molecular complexity index is 1200. The molecule has 1 amide bonds. The number of hydrogen-bond acceptors (Lipinski definition) is 2. The van der Waals surface area contributed by atoms with Crippen LogP contribution in [-0.4, -0.2) is 20.9 Å². The van der Waals surface area contributed by atoms with Crippen molar-refractivity contribution >= 4 is 33.5 Å². The second-order valence-electron chi connectivity index (χ2n) is 7.63. The van der Waals surface area contributed by atoms with Crippen molar-refractivity contribution in [1.29, 1.82) is 0 Å². The summed E-state index contributed by atoms with van der Waals surface area (Å²) in [7, 11) is 0. The maximum atomic E-state index is 13.6. The summed E-state index contributed by atoms with van der Waals surface area (Å²) < 4.78 is 13.6. The van der Waals surface area contributed by atoms with Crippen LogP contribution in [0.15, 0.2) is 36.4 Å². The largest absolute Gasteiger partial charge is 0.358 e. The molecule has 0 spiro atoms. The van der Waals surface area contributed by atoms with Gasteiger partial charge in [0.05, 0.1) is 17.5 Å². The molecule has 0 saturated heterocycles. The van der Waals surface area contributed by atoms with Crippen LogP contribution in [0.25, 0.3) is 21.9 Å². The van der Waals surface area contributed by atoms with Crippen molar-refractivity contribution in [3.05, 3.63) is 59.3 Å². The van der Waals surface area contributed by atoms with Gasteiger partial charge in [0.1, 0.15) is 11.6 Å². The number of amides is 1. The highest BCUT2D eigenvalue weighted by atomic mass is 19.1. The van der Waals surface area contributed by atoms with Crippen molar-refractivity contribution in [2.24, 2.45) is 0 Å². The molecule has 5 nitrogen and oxygen atoms in total. The number of imidazole rings is 1. The summed E-state index contributed by atoms with van der Waals surface area (Å²) in [6.45, 7) is 1.90. The fraction of sp³-hybridized carbons (Fsp3) is 0.273. The van der Waals surface area contributed by atoms with Crippen LogP contribution in [0.4, 0.5) is 10.1 Å². The van der Waals surface area contributed by atoms with Crippen molar-refractivity contribution in [3.8, 4) is 0 Å². The smallest absolute Gasteiger partial charge is 0.228 e. The number of fused-ring (bicyclic) bond motifs is 2. The third-order valence-electron chi connectivity index (χ3n) is 5.69. The van der Waals surface area contributed by atoms with Crippen LogP contribution >= 0.6 is 0 Å². The lowest BCUT2D eigenvalue weighted by Gasteiger charge is -2.22. The van der Waals surface area contributed by atoms with Crippen molar-refractivity contribution < 1.29 is 9.18 Å². The van der Waals surface area contributed by atoms with E-state index in [9.17, 15) is 9.18 Å². The first-order valence-corrected chi connectivity index (χ1v) is 9.63. The highest BCUT2D eigenvalue weighted by Gasteiger charge is 2.22. The number of nitrogens with zero attached hydrogens (tertiary/aromatic N) is 1. The molecule has 3 N–H and O–H groups in total. The number of aromatic amines is 2. The maximum Gasteiger partial charge on any atom is 0.228 e. The number of aromatic nitrogens is 3. The Balaban J connectivity index is 1.36. The maximum absolute atomic E-state index is 13.6. The molecule has 1 saturated carbocycles. The summed E-state index contributed by atoms with van der Waals surface area (Å²) in [5.41, 5.74) is 5.12. The quantitative estimate of drug-likeness (QED) is 0.472. The van der Waals surface area contributed by atoms with Gasteiger partial charge in [0, 0.05) is 28.2 Å². The Kier molecular flexibility index (Phi) is 3.93. The van der Waals surface area contributed by atoms with Gasteiger partial charge < -0.3 is 15.3 Å². The van der Waals surface area contributed by atoms with Crippen LogP contribution in [-0.2, 0) is 11.2 Å². The Labute approximate surface area is 161 Å². The molecule has 0 atom stereocenters. The van der Waals surface area contributed by atoms with Gasteiger partial charge in [-0.2, -0.15) is 0 Å². The fourth-order valence-electron chi connectivity index (χ4n) is 3.93. The molecule has 0 unspecified atom stereocenters. The number of rotatable bonds is 4. The lowest BCUT2D eigenvalue weighted by Crippen LogP contribution is -2.14. The highest BCUT2D eigenvalue weighted by molar-refractivity contribution is 5.97. The molecule has 0 bridgehead atoms. The van der Waals surface area contributed by atoms with E-state index in [1.807, 2.05) is 25.1 Å². The SMILES string of the molecule is Cc1[nH]c2ccc(F)cc2c1CC(=O)Nc1ccc2nc(C3CCC3)[nH]c2c1. The van der Waals surface area contributed by atoms with Gasteiger partial charge in [-0.25, -0.2) is 9.37 Å². The number of halogens is 1. The molecular formula is C22H21FN4O. The minimum atomic E-state index is -0.305. The van der Waals surface area contributed by atoms with Gasteiger partial charge in [-0.15, -0.1) is 0 Å². The monoisotopic (exact) mass is 376 g/mol. The number of hydrogen-bond donors (Lipinski definition) is 3. The molecule has 1 aliphatic rings. The average molecular weight is 376 g/mol. The number of carbonyl (C=O) groups excluding carboxylic acids is 1. The summed E-state index contributed by atoms with van der Waals surface area (Å²) in [5, 5.41) is 3.70. The van der Waals surface area contributed by atoms with Crippen LogP contribution in [0.5, 0.6) is 0 Å². The molecule has 28 heavy (non-hydrogen) atoms. The summed E-state index contributed by atoms with van der Waals surface area (Å²) in [6, 6.07) is 10.3. The minimum absolute atomic E-state index is 0.133. The second-order valence-corrected chi connectivity index (χ2v) is 7.63. The van der Waals surface area contributed by atoms with Crippen molar-refractivity contribution in [2.45, 2.75) is 38.5 Å². The first kappa shape index (κ1) is 17.0. The van der Waals surface area contributed by atoms with Gasteiger partial charge in [0.2, 0.25) is 5.91 Å². The van der Waals surface area contributed by atoms with Gasteiger partial charge in [0.15, 0.2) is 0 Å². The molecule has 142 valence electrons. The Morgan fingerprint density at radius 2 is 2.04 bits per heavy atom. The lowest BCUT2D eigenvalue weighted by molar-refractivity contribution is -0.115. The molecular weight excluding hydrogens is 355 g/mol. The lowest BCUT2D eigenvalue weighted by atomic mass is 9.85. The predicted octanol–water partition coefficient (Wildman–Crippen LogP) is 4.94. The molecule has 2 heterocycles. The second kappa shape index (κ2) is 6.48. The molecule has 1 fully saturated rings.